The number of ether oxygens (including phenoxy) is 2. The van der Waals surface area contributed by atoms with Crippen LogP contribution in [-0.2, 0) is 16.0 Å². The summed E-state index contributed by atoms with van der Waals surface area (Å²) in [7, 11) is 1.40. The van der Waals surface area contributed by atoms with E-state index in [1.165, 1.54) is 7.11 Å². The zero-order chi connectivity index (χ0) is 15.0. The van der Waals surface area contributed by atoms with Crippen LogP contribution in [0.3, 0.4) is 0 Å². The maximum Gasteiger partial charge on any atom is 0.305 e. The Labute approximate surface area is 120 Å². The van der Waals surface area contributed by atoms with Gasteiger partial charge in [0.15, 0.2) is 0 Å². The average molecular weight is 280 g/mol. The largest absolute Gasteiger partial charge is 0.488 e. The van der Waals surface area contributed by atoms with Crippen molar-refractivity contribution in [3.05, 3.63) is 29.3 Å². The fourth-order valence-corrected chi connectivity index (χ4v) is 2.06. The minimum atomic E-state index is -0.201. The molecule has 1 atom stereocenters. The maximum absolute atomic E-state index is 11.1. The molecule has 0 amide bonds. The number of hydrogen-bond acceptors (Lipinski definition) is 4. The molecule has 112 valence electrons. The van der Waals surface area contributed by atoms with Crippen molar-refractivity contribution in [3.63, 3.8) is 0 Å². The highest BCUT2D eigenvalue weighted by molar-refractivity contribution is 5.69. The van der Waals surface area contributed by atoms with E-state index >= 15 is 0 Å². The summed E-state index contributed by atoms with van der Waals surface area (Å²) in [6.45, 7) is 4.08. The number of carbonyl (C=O) groups is 1. The average Bonchev–Trinajstić information content (AvgIpc) is 2.45. The minimum absolute atomic E-state index is 0.0248. The molecule has 4 nitrogen and oxygen atoms in total. The molecule has 1 aromatic carbocycles. The van der Waals surface area contributed by atoms with Crippen molar-refractivity contribution in [1.82, 2.24) is 0 Å². The zero-order valence-corrected chi connectivity index (χ0v) is 12.5. The van der Waals surface area contributed by atoms with Gasteiger partial charge in [-0.15, -0.1) is 0 Å². The fraction of sp³-hybridized carbons (Fsp3) is 0.562. The molecule has 0 aliphatic heterocycles. The Kier molecular flexibility index (Phi) is 7.09. The SMILES string of the molecule is CCCC(CO)Oc1ccc(CCC(=O)OC)c(C)c1. The number of methoxy groups -OCH3 is 1. The van der Waals surface area contributed by atoms with Gasteiger partial charge in [-0.25, -0.2) is 0 Å². The van der Waals surface area contributed by atoms with E-state index in [-0.39, 0.29) is 18.7 Å². The predicted octanol–water partition coefficient (Wildman–Crippen LogP) is 2.64. The smallest absolute Gasteiger partial charge is 0.305 e. The second-order valence-corrected chi connectivity index (χ2v) is 4.88. The van der Waals surface area contributed by atoms with Gasteiger partial charge in [-0.1, -0.05) is 19.4 Å². The van der Waals surface area contributed by atoms with Crippen LogP contribution in [-0.4, -0.2) is 30.9 Å². The lowest BCUT2D eigenvalue weighted by Gasteiger charge is -2.17. The van der Waals surface area contributed by atoms with Crippen molar-refractivity contribution < 1.29 is 19.4 Å². The molecule has 0 heterocycles. The standard InChI is InChI=1S/C16H24O4/c1-4-5-15(11-17)20-14-8-6-13(12(2)10-14)7-9-16(18)19-3/h6,8,10,15,17H,4-5,7,9,11H2,1-3H3. The molecular weight excluding hydrogens is 256 g/mol. The molecule has 0 aliphatic rings. The molecule has 0 bridgehead atoms. The van der Waals surface area contributed by atoms with E-state index in [9.17, 15) is 9.90 Å². The summed E-state index contributed by atoms with van der Waals surface area (Å²) in [6.07, 6.45) is 2.70. The molecule has 1 aromatic rings. The minimum Gasteiger partial charge on any atom is -0.488 e. The van der Waals surface area contributed by atoms with E-state index in [1.807, 2.05) is 25.1 Å². The van der Waals surface area contributed by atoms with Crippen LogP contribution in [0.25, 0.3) is 0 Å². The summed E-state index contributed by atoms with van der Waals surface area (Å²) in [5.74, 6) is 0.560. The third kappa shape index (κ3) is 5.21. The molecule has 1 unspecified atom stereocenters. The summed E-state index contributed by atoms with van der Waals surface area (Å²) in [5.41, 5.74) is 2.19. The first-order chi connectivity index (χ1) is 9.60. The van der Waals surface area contributed by atoms with Crippen molar-refractivity contribution in [2.24, 2.45) is 0 Å². The van der Waals surface area contributed by atoms with Crippen LogP contribution in [0.2, 0.25) is 0 Å². The van der Waals surface area contributed by atoms with Gasteiger partial charge in [0.25, 0.3) is 0 Å². The molecule has 0 spiro atoms. The number of aliphatic hydroxyl groups excluding tert-OH is 1. The summed E-state index contributed by atoms with van der Waals surface area (Å²) in [4.78, 5) is 11.1. The zero-order valence-electron chi connectivity index (χ0n) is 12.5. The lowest BCUT2D eigenvalue weighted by Crippen LogP contribution is -2.20. The predicted molar refractivity (Wildman–Crippen MR) is 77.9 cm³/mol. The van der Waals surface area contributed by atoms with Crippen molar-refractivity contribution in [2.75, 3.05) is 13.7 Å². The van der Waals surface area contributed by atoms with Gasteiger partial charge in [0.1, 0.15) is 11.9 Å². The molecular formula is C16H24O4. The molecule has 0 aliphatic carbocycles. The van der Waals surface area contributed by atoms with Gasteiger partial charge >= 0.3 is 5.97 Å². The molecule has 0 saturated heterocycles. The van der Waals surface area contributed by atoms with Gasteiger partial charge in [-0.3, -0.25) is 4.79 Å². The number of aryl methyl sites for hydroxylation is 2. The first kappa shape index (κ1) is 16.5. The molecule has 0 radical (unpaired) electrons. The third-order valence-corrected chi connectivity index (χ3v) is 3.26. The Hall–Kier alpha value is -1.55. The molecule has 20 heavy (non-hydrogen) atoms. The monoisotopic (exact) mass is 280 g/mol. The van der Waals surface area contributed by atoms with E-state index in [2.05, 4.69) is 11.7 Å². The number of esters is 1. The summed E-state index contributed by atoms with van der Waals surface area (Å²) in [5, 5.41) is 9.24. The highest BCUT2D eigenvalue weighted by Gasteiger charge is 2.10. The normalized spacial score (nSPS) is 12.0. The van der Waals surface area contributed by atoms with E-state index in [4.69, 9.17) is 4.74 Å². The van der Waals surface area contributed by atoms with Crippen molar-refractivity contribution in [2.45, 2.75) is 45.6 Å². The van der Waals surface area contributed by atoms with Crippen LogP contribution in [0.15, 0.2) is 18.2 Å². The second kappa shape index (κ2) is 8.59. The topological polar surface area (TPSA) is 55.8 Å². The summed E-state index contributed by atoms with van der Waals surface area (Å²) < 4.78 is 10.4. The van der Waals surface area contributed by atoms with E-state index in [0.717, 1.165) is 29.7 Å². The van der Waals surface area contributed by atoms with Crippen molar-refractivity contribution >= 4 is 5.97 Å². The fourth-order valence-electron chi connectivity index (χ4n) is 2.06. The Morgan fingerprint density at radius 3 is 2.70 bits per heavy atom. The van der Waals surface area contributed by atoms with Crippen LogP contribution < -0.4 is 4.74 Å². The summed E-state index contributed by atoms with van der Waals surface area (Å²) >= 11 is 0. The third-order valence-electron chi connectivity index (χ3n) is 3.26. The molecule has 0 saturated carbocycles. The Morgan fingerprint density at radius 1 is 1.40 bits per heavy atom. The van der Waals surface area contributed by atoms with Crippen LogP contribution in [0.4, 0.5) is 0 Å². The molecule has 1 rings (SSSR count). The number of aliphatic hydroxyl groups is 1. The van der Waals surface area contributed by atoms with Crippen LogP contribution in [0, 0.1) is 6.92 Å². The quantitative estimate of drug-likeness (QED) is 0.744. The molecule has 4 heteroatoms. The van der Waals surface area contributed by atoms with Crippen LogP contribution >= 0.6 is 0 Å². The van der Waals surface area contributed by atoms with Gasteiger partial charge in [-0.2, -0.15) is 0 Å². The maximum atomic E-state index is 11.1. The van der Waals surface area contributed by atoms with Gasteiger partial charge in [0.2, 0.25) is 0 Å². The van der Waals surface area contributed by atoms with E-state index < -0.39 is 0 Å². The van der Waals surface area contributed by atoms with Crippen molar-refractivity contribution in [1.29, 1.82) is 0 Å². The van der Waals surface area contributed by atoms with Crippen molar-refractivity contribution in [3.8, 4) is 5.75 Å². The number of hydrogen-bond donors (Lipinski definition) is 1. The number of carbonyl (C=O) groups excluding carboxylic acids is 1. The highest BCUT2D eigenvalue weighted by Crippen LogP contribution is 2.20. The Balaban J connectivity index is 2.65. The van der Waals surface area contributed by atoms with Gasteiger partial charge in [0, 0.05) is 6.42 Å². The Bertz CT molecular complexity index is 428. The molecule has 0 aromatic heterocycles. The second-order valence-electron chi connectivity index (χ2n) is 4.88. The lowest BCUT2D eigenvalue weighted by molar-refractivity contribution is -0.140. The summed E-state index contributed by atoms with van der Waals surface area (Å²) in [6, 6.07) is 5.80. The lowest BCUT2D eigenvalue weighted by atomic mass is 10.0. The van der Waals surface area contributed by atoms with E-state index in [0.29, 0.717) is 12.8 Å². The number of rotatable bonds is 8. The Morgan fingerprint density at radius 2 is 2.15 bits per heavy atom. The first-order valence-corrected chi connectivity index (χ1v) is 7.04. The van der Waals surface area contributed by atoms with Gasteiger partial charge < -0.3 is 14.6 Å². The number of benzene rings is 1. The van der Waals surface area contributed by atoms with Crippen LogP contribution in [0.5, 0.6) is 5.75 Å². The van der Waals surface area contributed by atoms with Crippen LogP contribution in [0.1, 0.15) is 37.3 Å². The highest BCUT2D eigenvalue weighted by atomic mass is 16.5. The van der Waals surface area contributed by atoms with E-state index in [1.54, 1.807) is 0 Å². The first-order valence-electron chi connectivity index (χ1n) is 7.04. The van der Waals surface area contributed by atoms with Gasteiger partial charge in [-0.05, 0) is 43.0 Å². The molecule has 1 N–H and O–H groups in total. The molecule has 0 fully saturated rings. The van der Waals surface area contributed by atoms with Gasteiger partial charge in [0.05, 0.1) is 13.7 Å².